The quantitative estimate of drug-likeness (QED) is 0.433. The van der Waals surface area contributed by atoms with Crippen molar-refractivity contribution in [3.05, 3.63) is 40.1 Å². The van der Waals surface area contributed by atoms with E-state index in [0.29, 0.717) is 25.1 Å². The van der Waals surface area contributed by atoms with Crippen molar-refractivity contribution in [2.75, 3.05) is 20.2 Å². The Morgan fingerprint density at radius 2 is 2.36 bits per heavy atom. The molecule has 1 saturated heterocycles. The predicted molar refractivity (Wildman–Crippen MR) is 98.3 cm³/mol. The van der Waals surface area contributed by atoms with Gasteiger partial charge in [0.15, 0.2) is 0 Å². The molecule has 25 heavy (non-hydrogen) atoms. The number of hydrogen-bond donors (Lipinski definition) is 2. The first-order chi connectivity index (χ1) is 12.1. The Labute approximate surface area is 150 Å². The fourth-order valence-corrected chi connectivity index (χ4v) is 3.28. The third kappa shape index (κ3) is 5.01. The summed E-state index contributed by atoms with van der Waals surface area (Å²) in [5, 5.41) is 5.12. The third-order valence-electron chi connectivity index (χ3n) is 3.82. The minimum atomic E-state index is -0.146. The number of rotatable bonds is 7. The van der Waals surface area contributed by atoms with Crippen molar-refractivity contribution in [3.63, 3.8) is 0 Å². The Kier molecular flexibility index (Phi) is 6.91. The summed E-state index contributed by atoms with van der Waals surface area (Å²) in [5.41, 5.74) is 7.36. The van der Waals surface area contributed by atoms with Crippen molar-refractivity contribution in [3.8, 4) is 0 Å². The van der Waals surface area contributed by atoms with Crippen LogP contribution in [-0.2, 0) is 14.3 Å². The van der Waals surface area contributed by atoms with Crippen molar-refractivity contribution < 1.29 is 14.3 Å². The summed E-state index contributed by atoms with van der Waals surface area (Å²) in [6.07, 6.45) is 7.67. The average Bonchev–Trinajstić information content (AvgIpc) is 3.27. The zero-order valence-electron chi connectivity index (χ0n) is 14.3. The summed E-state index contributed by atoms with van der Waals surface area (Å²) in [6.45, 7) is 3.05. The second-order valence-electron chi connectivity index (χ2n) is 5.55. The summed E-state index contributed by atoms with van der Waals surface area (Å²) in [5.74, 6) is -0.146. The number of aromatic nitrogens is 1. The molecule has 7 nitrogen and oxygen atoms in total. The first-order valence-corrected chi connectivity index (χ1v) is 8.71. The van der Waals surface area contributed by atoms with E-state index in [1.807, 2.05) is 12.3 Å². The SMILES string of the molecule is COC1CCN(C(=O)C(=C/NC=O)/C=C(\C)c2nc(/C=C/N)cs2)C1. The summed E-state index contributed by atoms with van der Waals surface area (Å²) in [7, 11) is 1.64. The fourth-order valence-electron chi connectivity index (χ4n) is 2.51. The van der Waals surface area contributed by atoms with Crippen LogP contribution < -0.4 is 11.1 Å². The van der Waals surface area contributed by atoms with Crippen LogP contribution in [0.1, 0.15) is 24.0 Å². The van der Waals surface area contributed by atoms with E-state index in [4.69, 9.17) is 10.5 Å². The number of carbonyl (C=O) groups excluding carboxylic acids is 2. The average molecular weight is 362 g/mol. The number of methoxy groups -OCH3 is 1. The molecule has 1 aliphatic heterocycles. The number of nitrogens with one attached hydrogen (secondary N) is 1. The maximum atomic E-state index is 12.7. The highest BCUT2D eigenvalue weighted by atomic mass is 32.1. The van der Waals surface area contributed by atoms with Crippen molar-refractivity contribution >= 4 is 35.3 Å². The lowest BCUT2D eigenvalue weighted by Gasteiger charge is -2.17. The zero-order chi connectivity index (χ0) is 18.2. The Morgan fingerprint density at radius 3 is 3.00 bits per heavy atom. The topological polar surface area (TPSA) is 97.5 Å². The molecule has 0 aliphatic carbocycles. The van der Waals surface area contributed by atoms with Gasteiger partial charge < -0.3 is 20.7 Å². The molecule has 2 rings (SSSR count). The number of likely N-dealkylation sites (tertiary alicyclic amines) is 1. The molecule has 0 saturated carbocycles. The molecule has 134 valence electrons. The van der Waals surface area contributed by atoms with E-state index in [0.717, 1.165) is 22.7 Å². The largest absolute Gasteiger partial charge is 0.405 e. The normalized spacial score (nSPS) is 18.8. The number of carbonyl (C=O) groups is 2. The number of nitrogens with zero attached hydrogens (tertiary/aromatic N) is 2. The number of allylic oxidation sites excluding steroid dienone is 1. The molecule has 8 heteroatoms. The highest BCUT2D eigenvalue weighted by Crippen LogP contribution is 2.22. The van der Waals surface area contributed by atoms with Gasteiger partial charge >= 0.3 is 0 Å². The number of thiazole rings is 1. The molecule has 0 bridgehead atoms. The molecule has 0 aromatic carbocycles. The van der Waals surface area contributed by atoms with Crippen molar-refractivity contribution in [2.24, 2.45) is 5.73 Å². The molecule has 1 aromatic rings. The molecule has 1 atom stereocenters. The first-order valence-electron chi connectivity index (χ1n) is 7.83. The minimum absolute atomic E-state index is 0.0545. The number of nitrogens with two attached hydrogens (primary N) is 1. The number of hydrogen-bond acceptors (Lipinski definition) is 6. The van der Waals surface area contributed by atoms with Crippen LogP contribution in [0.2, 0.25) is 0 Å². The van der Waals surface area contributed by atoms with Crippen LogP contribution in [-0.4, -0.2) is 48.5 Å². The van der Waals surface area contributed by atoms with Gasteiger partial charge in [-0.3, -0.25) is 9.59 Å². The van der Waals surface area contributed by atoms with Crippen LogP contribution in [0, 0.1) is 0 Å². The first kappa shape index (κ1) is 18.9. The van der Waals surface area contributed by atoms with Gasteiger partial charge in [-0.15, -0.1) is 11.3 Å². The summed E-state index contributed by atoms with van der Waals surface area (Å²) in [4.78, 5) is 29.5. The maximum Gasteiger partial charge on any atom is 0.255 e. The molecule has 0 radical (unpaired) electrons. The fraction of sp³-hybridized carbons (Fsp3) is 0.353. The Morgan fingerprint density at radius 1 is 1.56 bits per heavy atom. The van der Waals surface area contributed by atoms with Crippen LogP contribution in [0.5, 0.6) is 0 Å². The second kappa shape index (κ2) is 9.14. The van der Waals surface area contributed by atoms with Gasteiger partial charge in [0, 0.05) is 31.8 Å². The van der Waals surface area contributed by atoms with Crippen LogP contribution >= 0.6 is 11.3 Å². The molecule has 1 unspecified atom stereocenters. The van der Waals surface area contributed by atoms with Gasteiger partial charge in [-0.1, -0.05) is 0 Å². The van der Waals surface area contributed by atoms with E-state index in [1.54, 1.807) is 24.2 Å². The molecule has 2 heterocycles. The van der Waals surface area contributed by atoms with Crippen LogP contribution in [0.25, 0.3) is 11.6 Å². The molecule has 3 N–H and O–H groups in total. The van der Waals surface area contributed by atoms with Gasteiger partial charge in [-0.05, 0) is 37.3 Å². The van der Waals surface area contributed by atoms with E-state index in [2.05, 4.69) is 10.3 Å². The summed E-state index contributed by atoms with van der Waals surface area (Å²) >= 11 is 1.46. The second-order valence-corrected chi connectivity index (χ2v) is 6.40. The summed E-state index contributed by atoms with van der Waals surface area (Å²) in [6, 6.07) is 0. The molecule has 0 spiro atoms. The molecule has 1 aliphatic rings. The van der Waals surface area contributed by atoms with E-state index in [-0.39, 0.29) is 12.0 Å². The van der Waals surface area contributed by atoms with Crippen molar-refractivity contribution in [1.29, 1.82) is 0 Å². The minimum Gasteiger partial charge on any atom is -0.405 e. The highest BCUT2D eigenvalue weighted by molar-refractivity contribution is 7.10. The lowest BCUT2D eigenvalue weighted by atomic mass is 10.1. The third-order valence-corrected chi connectivity index (χ3v) is 4.81. The number of ether oxygens (including phenoxy) is 1. The van der Waals surface area contributed by atoms with Gasteiger partial charge in [0.05, 0.1) is 17.4 Å². The standard InChI is InChI=1S/C17H22N4O3S/c1-12(16-20-14(3-5-18)10-25-16)7-13(8-19-11-22)17(23)21-6-4-15(9-21)24-2/h3,5,7-8,10-11,15H,4,6,9,18H2,1-2H3,(H,19,22)/b5-3+,12-7+,13-8+. The van der Waals surface area contributed by atoms with Crippen molar-refractivity contribution in [1.82, 2.24) is 15.2 Å². The van der Waals surface area contributed by atoms with Gasteiger partial charge in [0.1, 0.15) is 5.01 Å². The van der Waals surface area contributed by atoms with Crippen LogP contribution in [0.3, 0.4) is 0 Å². The van der Waals surface area contributed by atoms with E-state index in [9.17, 15) is 9.59 Å². The molecule has 1 fully saturated rings. The van der Waals surface area contributed by atoms with Crippen LogP contribution in [0.4, 0.5) is 0 Å². The highest BCUT2D eigenvalue weighted by Gasteiger charge is 2.27. The Bertz CT molecular complexity index is 709. The van der Waals surface area contributed by atoms with Gasteiger partial charge in [0.2, 0.25) is 6.41 Å². The van der Waals surface area contributed by atoms with Crippen molar-refractivity contribution in [2.45, 2.75) is 19.4 Å². The van der Waals surface area contributed by atoms with Crippen LogP contribution in [0.15, 0.2) is 29.4 Å². The lowest BCUT2D eigenvalue weighted by Crippen LogP contribution is -2.31. The molecule has 1 aromatic heterocycles. The Hall–Kier alpha value is -2.45. The summed E-state index contributed by atoms with van der Waals surface area (Å²) < 4.78 is 5.30. The van der Waals surface area contributed by atoms with E-state index >= 15 is 0 Å². The lowest BCUT2D eigenvalue weighted by molar-refractivity contribution is -0.126. The van der Waals surface area contributed by atoms with Gasteiger partial charge in [-0.25, -0.2) is 4.98 Å². The zero-order valence-corrected chi connectivity index (χ0v) is 15.1. The van der Waals surface area contributed by atoms with Gasteiger partial charge in [-0.2, -0.15) is 0 Å². The molecule has 2 amide bonds. The van der Waals surface area contributed by atoms with E-state index < -0.39 is 0 Å². The number of amides is 2. The molecular formula is C17H22N4O3S. The van der Waals surface area contributed by atoms with Gasteiger partial charge in [0.25, 0.3) is 5.91 Å². The monoisotopic (exact) mass is 362 g/mol. The maximum absolute atomic E-state index is 12.7. The molecular weight excluding hydrogens is 340 g/mol. The van der Waals surface area contributed by atoms with E-state index in [1.165, 1.54) is 23.7 Å². The Balaban J connectivity index is 2.21. The smallest absolute Gasteiger partial charge is 0.255 e. The predicted octanol–water partition coefficient (Wildman–Crippen LogP) is 1.35.